The van der Waals surface area contributed by atoms with Gasteiger partial charge < -0.3 is 10.1 Å². The summed E-state index contributed by atoms with van der Waals surface area (Å²) in [6.45, 7) is 2.01. The molecule has 0 amide bonds. The lowest BCUT2D eigenvalue weighted by molar-refractivity contribution is 0.215. The van der Waals surface area contributed by atoms with E-state index in [1.54, 1.807) is 0 Å². The van der Waals surface area contributed by atoms with Gasteiger partial charge in [0.15, 0.2) is 0 Å². The number of benzene rings is 1. The van der Waals surface area contributed by atoms with E-state index in [0.29, 0.717) is 0 Å². The Labute approximate surface area is 97.1 Å². The van der Waals surface area contributed by atoms with Crippen LogP contribution in [0.1, 0.15) is 22.9 Å². The van der Waals surface area contributed by atoms with Gasteiger partial charge in [0.1, 0.15) is 6.10 Å². The van der Waals surface area contributed by atoms with Gasteiger partial charge in [-0.25, -0.2) is 0 Å². The van der Waals surface area contributed by atoms with Crippen molar-refractivity contribution in [1.29, 1.82) is 0 Å². The highest BCUT2D eigenvalue weighted by molar-refractivity contribution is 9.10. The molecular weight excluding hydrogens is 254 g/mol. The number of hydrogen-bond acceptors (Lipinski definition) is 1. The van der Waals surface area contributed by atoms with Crippen LogP contribution in [0.2, 0.25) is 0 Å². The van der Waals surface area contributed by atoms with Crippen LogP contribution in [0.3, 0.4) is 0 Å². The zero-order valence-electron chi connectivity index (χ0n) is 8.37. The van der Waals surface area contributed by atoms with Crippen molar-refractivity contribution in [2.45, 2.75) is 13.0 Å². The number of aromatic amines is 1. The van der Waals surface area contributed by atoms with Crippen molar-refractivity contribution in [2.75, 3.05) is 0 Å². The van der Waals surface area contributed by atoms with Gasteiger partial charge in [0.25, 0.3) is 0 Å². The summed E-state index contributed by atoms with van der Waals surface area (Å²) in [7, 11) is 0. The molecule has 1 unspecified atom stereocenters. The summed E-state index contributed by atoms with van der Waals surface area (Å²) in [4.78, 5) is 3.01. The van der Waals surface area contributed by atoms with Gasteiger partial charge in [0, 0.05) is 21.9 Å². The first-order valence-electron chi connectivity index (χ1n) is 4.76. The smallest absolute Gasteiger partial charge is 0.120 e. The van der Waals surface area contributed by atoms with Crippen molar-refractivity contribution in [2.24, 2.45) is 0 Å². The molecule has 78 valence electrons. The molecular formula is C12H12BrNO. The maximum atomic E-state index is 10.1. The van der Waals surface area contributed by atoms with Gasteiger partial charge in [-0.1, -0.05) is 33.6 Å². The van der Waals surface area contributed by atoms with Crippen LogP contribution < -0.4 is 0 Å². The topological polar surface area (TPSA) is 36.0 Å². The standard InChI is InChI=1S/C12H12BrNO/c1-8-4-5-10(13)9(7-8)12(15)11-3-2-6-14-11/h2-7,12,14-15H,1H3. The second-order valence-electron chi connectivity index (χ2n) is 3.55. The van der Waals surface area contributed by atoms with E-state index in [-0.39, 0.29) is 0 Å². The van der Waals surface area contributed by atoms with Crippen LogP contribution in [-0.2, 0) is 0 Å². The minimum absolute atomic E-state index is 0.603. The minimum Gasteiger partial charge on any atom is -0.382 e. The molecule has 0 saturated heterocycles. The third-order valence-electron chi connectivity index (χ3n) is 2.36. The van der Waals surface area contributed by atoms with Crippen LogP contribution in [-0.4, -0.2) is 10.1 Å². The summed E-state index contributed by atoms with van der Waals surface area (Å²) >= 11 is 3.44. The fourth-order valence-corrected chi connectivity index (χ4v) is 2.02. The number of aliphatic hydroxyl groups is 1. The Kier molecular flexibility index (Phi) is 2.93. The summed E-state index contributed by atoms with van der Waals surface area (Å²) in [5.74, 6) is 0. The van der Waals surface area contributed by atoms with Crippen molar-refractivity contribution in [3.8, 4) is 0 Å². The highest BCUT2D eigenvalue weighted by Crippen LogP contribution is 2.28. The van der Waals surface area contributed by atoms with Gasteiger partial charge >= 0.3 is 0 Å². The summed E-state index contributed by atoms with van der Waals surface area (Å²) in [5, 5.41) is 10.1. The summed E-state index contributed by atoms with van der Waals surface area (Å²) < 4.78 is 0.926. The van der Waals surface area contributed by atoms with E-state index in [4.69, 9.17) is 0 Å². The first kappa shape index (κ1) is 10.5. The number of rotatable bonds is 2. The molecule has 1 aromatic carbocycles. The van der Waals surface area contributed by atoms with E-state index in [1.807, 2.05) is 43.5 Å². The normalized spacial score (nSPS) is 12.7. The summed E-state index contributed by atoms with van der Waals surface area (Å²) in [5.41, 5.74) is 2.83. The van der Waals surface area contributed by atoms with Gasteiger partial charge in [-0.15, -0.1) is 0 Å². The molecule has 0 radical (unpaired) electrons. The molecule has 2 aromatic rings. The Morgan fingerprint density at radius 1 is 1.33 bits per heavy atom. The average molecular weight is 266 g/mol. The van der Waals surface area contributed by atoms with Crippen LogP contribution in [0.5, 0.6) is 0 Å². The third kappa shape index (κ3) is 2.13. The van der Waals surface area contributed by atoms with Crippen molar-refractivity contribution in [3.63, 3.8) is 0 Å². The fraction of sp³-hybridized carbons (Fsp3) is 0.167. The zero-order valence-corrected chi connectivity index (χ0v) is 9.95. The van der Waals surface area contributed by atoms with Gasteiger partial charge in [-0.3, -0.25) is 0 Å². The van der Waals surface area contributed by atoms with E-state index in [2.05, 4.69) is 20.9 Å². The fourth-order valence-electron chi connectivity index (χ4n) is 1.55. The minimum atomic E-state index is -0.603. The van der Waals surface area contributed by atoms with Gasteiger partial charge in [-0.2, -0.15) is 0 Å². The molecule has 2 nitrogen and oxygen atoms in total. The predicted octanol–water partition coefficient (Wildman–Crippen LogP) is 3.17. The van der Waals surface area contributed by atoms with Crippen molar-refractivity contribution < 1.29 is 5.11 Å². The van der Waals surface area contributed by atoms with Gasteiger partial charge in [0.2, 0.25) is 0 Å². The molecule has 0 bridgehead atoms. The second-order valence-corrected chi connectivity index (χ2v) is 4.41. The highest BCUT2D eigenvalue weighted by atomic mass is 79.9. The molecule has 0 aliphatic rings. The van der Waals surface area contributed by atoms with Crippen LogP contribution in [0.15, 0.2) is 41.0 Å². The molecule has 2 N–H and O–H groups in total. The lowest BCUT2D eigenvalue weighted by Crippen LogP contribution is -2.01. The first-order chi connectivity index (χ1) is 7.18. The number of H-pyrrole nitrogens is 1. The Bertz CT molecular complexity index is 451. The molecule has 0 saturated carbocycles. The Hall–Kier alpha value is -1.06. The molecule has 0 aliphatic heterocycles. The largest absolute Gasteiger partial charge is 0.382 e. The van der Waals surface area contributed by atoms with Gasteiger partial charge in [-0.05, 0) is 25.1 Å². The highest BCUT2D eigenvalue weighted by Gasteiger charge is 2.14. The van der Waals surface area contributed by atoms with E-state index < -0.39 is 6.10 Å². The van der Waals surface area contributed by atoms with E-state index in [0.717, 1.165) is 21.3 Å². The predicted molar refractivity (Wildman–Crippen MR) is 63.7 cm³/mol. The third-order valence-corrected chi connectivity index (χ3v) is 3.08. The van der Waals surface area contributed by atoms with Crippen LogP contribution in [0.4, 0.5) is 0 Å². The van der Waals surface area contributed by atoms with E-state index >= 15 is 0 Å². The number of aliphatic hydroxyl groups excluding tert-OH is 1. The Balaban J connectivity index is 2.41. The first-order valence-corrected chi connectivity index (χ1v) is 5.55. The molecule has 1 aromatic heterocycles. The lowest BCUT2D eigenvalue weighted by Gasteiger charge is -2.12. The quantitative estimate of drug-likeness (QED) is 0.860. The molecule has 0 fully saturated rings. The molecule has 1 atom stereocenters. The number of halogens is 1. The number of hydrogen-bond donors (Lipinski definition) is 2. The van der Waals surface area contributed by atoms with E-state index in [1.165, 1.54) is 0 Å². The second kappa shape index (κ2) is 4.21. The molecule has 0 aliphatic carbocycles. The molecule has 0 spiro atoms. The van der Waals surface area contributed by atoms with E-state index in [9.17, 15) is 5.11 Å². The Morgan fingerprint density at radius 2 is 2.13 bits per heavy atom. The molecule has 2 rings (SSSR count). The monoisotopic (exact) mass is 265 g/mol. The molecule has 15 heavy (non-hydrogen) atoms. The maximum absolute atomic E-state index is 10.1. The SMILES string of the molecule is Cc1ccc(Br)c(C(O)c2ccc[nH]2)c1. The number of nitrogens with one attached hydrogen (secondary N) is 1. The molecule has 3 heteroatoms. The van der Waals surface area contributed by atoms with Crippen molar-refractivity contribution in [3.05, 3.63) is 57.8 Å². The average Bonchev–Trinajstić information content (AvgIpc) is 2.74. The number of aromatic nitrogens is 1. The summed E-state index contributed by atoms with van der Waals surface area (Å²) in [6, 6.07) is 9.70. The zero-order chi connectivity index (χ0) is 10.8. The van der Waals surface area contributed by atoms with Crippen LogP contribution >= 0.6 is 15.9 Å². The van der Waals surface area contributed by atoms with Crippen molar-refractivity contribution >= 4 is 15.9 Å². The number of aryl methyl sites for hydroxylation is 1. The van der Waals surface area contributed by atoms with Crippen LogP contribution in [0.25, 0.3) is 0 Å². The maximum Gasteiger partial charge on any atom is 0.120 e. The summed E-state index contributed by atoms with van der Waals surface area (Å²) in [6.07, 6.45) is 1.21. The van der Waals surface area contributed by atoms with Crippen molar-refractivity contribution in [1.82, 2.24) is 4.98 Å². The van der Waals surface area contributed by atoms with Gasteiger partial charge in [0.05, 0.1) is 0 Å². The molecule has 1 heterocycles. The Morgan fingerprint density at radius 3 is 2.80 bits per heavy atom. The lowest BCUT2D eigenvalue weighted by atomic mass is 10.0. The van der Waals surface area contributed by atoms with Crippen LogP contribution in [0, 0.1) is 6.92 Å².